The summed E-state index contributed by atoms with van der Waals surface area (Å²) in [5.41, 5.74) is 2.18. The molecule has 10 nitrogen and oxygen atoms in total. The van der Waals surface area contributed by atoms with Crippen LogP contribution in [0.25, 0.3) is 0 Å². The van der Waals surface area contributed by atoms with Gasteiger partial charge in [0.15, 0.2) is 11.5 Å². The zero-order chi connectivity index (χ0) is 27.8. The Morgan fingerprint density at radius 3 is 2.29 bits per heavy atom. The lowest BCUT2D eigenvalue weighted by atomic mass is 9.78. The standard InChI is InChI=1S/C27H29N3O7S/c1-6-15-9-7-8-10-18(15)29-21(31)14-38-26-17(13-28)22(23(25(32)30-26)27(33)37-5)16-11-19(34-2)24(36-4)20(12-16)35-3/h7-12,22-23H,6,14H2,1-5H3,(H,29,31)(H,30,32)/t22-,23+/m0/s1. The number of aryl methyl sites for hydroxylation is 1. The van der Waals surface area contributed by atoms with Crippen molar-refractivity contribution in [2.24, 2.45) is 5.92 Å². The monoisotopic (exact) mass is 539 g/mol. The Labute approximate surface area is 225 Å². The molecule has 2 N–H and O–H groups in total. The number of esters is 1. The van der Waals surface area contributed by atoms with Crippen molar-refractivity contribution >= 4 is 35.2 Å². The van der Waals surface area contributed by atoms with E-state index < -0.39 is 23.7 Å². The van der Waals surface area contributed by atoms with Crippen LogP contribution < -0.4 is 24.8 Å². The Bertz CT molecular complexity index is 1280. The second-order valence-electron chi connectivity index (χ2n) is 8.13. The number of para-hydroxylation sites is 1. The minimum atomic E-state index is -1.35. The van der Waals surface area contributed by atoms with E-state index in [9.17, 15) is 19.6 Å². The van der Waals surface area contributed by atoms with E-state index in [-0.39, 0.29) is 33.8 Å². The number of hydrogen-bond acceptors (Lipinski definition) is 9. The Kier molecular flexibility index (Phi) is 9.62. The number of methoxy groups -OCH3 is 4. The van der Waals surface area contributed by atoms with Gasteiger partial charge < -0.3 is 29.6 Å². The topological polar surface area (TPSA) is 136 Å². The summed E-state index contributed by atoms with van der Waals surface area (Å²) in [5, 5.41) is 15.8. The SMILES string of the molecule is CCc1ccccc1NC(=O)CSC1=C(C#N)[C@H](c2cc(OC)c(OC)c(OC)c2)[C@@H](C(=O)OC)C(=O)N1. The lowest BCUT2D eigenvalue weighted by Crippen LogP contribution is -2.44. The van der Waals surface area contributed by atoms with Gasteiger partial charge in [-0.2, -0.15) is 5.26 Å². The number of carbonyl (C=O) groups is 3. The van der Waals surface area contributed by atoms with Crippen molar-refractivity contribution in [1.29, 1.82) is 5.26 Å². The van der Waals surface area contributed by atoms with E-state index in [0.717, 1.165) is 23.7 Å². The smallest absolute Gasteiger partial charge is 0.319 e. The molecule has 0 aromatic heterocycles. The van der Waals surface area contributed by atoms with Gasteiger partial charge in [0.2, 0.25) is 17.6 Å². The molecule has 2 atom stereocenters. The van der Waals surface area contributed by atoms with E-state index >= 15 is 0 Å². The summed E-state index contributed by atoms with van der Waals surface area (Å²) in [6.45, 7) is 1.99. The normalized spacial score (nSPS) is 16.7. The number of thioether (sulfide) groups is 1. The van der Waals surface area contributed by atoms with Crippen molar-refractivity contribution in [2.75, 3.05) is 39.5 Å². The molecule has 0 saturated carbocycles. The fraction of sp³-hybridized carbons (Fsp3) is 0.333. The predicted molar refractivity (Wildman–Crippen MR) is 142 cm³/mol. The van der Waals surface area contributed by atoms with Crippen LogP contribution in [0.3, 0.4) is 0 Å². The van der Waals surface area contributed by atoms with E-state index in [1.54, 1.807) is 12.1 Å². The van der Waals surface area contributed by atoms with Crippen molar-refractivity contribution in [2.45, 2.75) is 19.3 Å². The van der Waals surface area contributed by atoms with Gasteiger partial charge in [0.25, 0.3) is 0 Å². The summed E-state index contributed by atoms with van der Waals surface area (Å²) in [5.74, 6) is -3.35. The van der Waals surface area contributed by atoms with Crippen LogP contribution in [0, 0.1) is 17.2 Å². The number of nitrogens with zero attached hydrogens (tertiary/aromatic N) is 1. The molecular weight excluding hydrogens is 510 g/mol. The first-order valence-corrected chi connectivity index (χ1v) is 12.6. The molecule has 0 aliphatic carbocycles. The lowest BCUT2D eigenvalue weighted by Gasteiger charge is -2.31. The minimum Gasteiger partial charge on any atom is -0.493 e. The molecule has 1 heterocycles. The van der Waals surface area contributed by atoms with E-state index in [0.29, 0.717) is 17.0 Å². The Morgan fingerprint density at radius 1 is 1.08 bits per heavy atom. The van der Waals surface area contributed by atoms with Crippen LogP contribution in [0.2, 0.25) is 0 Å². The maximum atomic E-state index is 13.1. The van der Waals surface area contributed by atoms with Gasteiger partial charge in [0, 0.05) is 11.6 Å². The number of hydrogen-bond donors (Lipinski definition) is 2. The van der Waals surface area contributed by atoms with Crippen LogP contribution in [0.4, 0.5) is 5.69 Å². The molecule has 0 saturated heterocycles. The zero-order valence-corrected chi connectivity index (χ0v) is 22.6. The van der Waals surface area contributed by atoms with Crippen LogP contribution in [-0.4, -0.2) is 52.0 Å². The Balaban J connectivity index is 2.02. The fourth-order valence-corrected chi connectivity index (χ4v) is 5.08. The summed E-state index contributed by atoms with van der Waals surface area (Å²) < 4.78 is 21.1. The van der Waals surface area contributed by atoms with Gasteiger partial charge >= 0.3 is 5.97 Å². The molecule has 3 rings (SSSR count). The number of ether oxygens (including phenoxy) is 4. The molecule has 0 spiro atoms. The van der Waals surface area contributed by atoms with Crippen LogP contribution >= 0.6 is 11.8 Å². The summed E-state index contributed by atoms with van der Waals surface area (Å²) >= 11 is 0.996. The van der Waals surface area contributed by atoms with Gasteiger partial charge in [-0.3, -0.25) is 14.4 Å². The largest absolute Gasteiger partial charge is 0.493 e. The first-order valence-electron chi connectivity index (χ1n) is 11.7. The molecular formula is C27H29N3O7S. The minimum absolute atomic E-state index is 0.0797. The third-order valence-corrected chi connectivity index (χ3v) is 7.07. The van der Waals surface area contributed by atoms with Crippen molar-refractivity contribution in [3.8, 4) is 23.3 Å². The van der Waals surface area contributed by atoms with Crippen LogP contribution in [-0.2, 0) is 25.5 Å². The highest BCUT2D eigenvalue weighted by Gasteiger charge is 2.45. The molecule has 2 amide bonds. The molecule has 0 fully saturated rings. The second-order valence-corrected chi connectivity index (χ2v) is 9.11. The number of nitriles is 1. The summed E-state index contributed by atoms with van der Waals surface area (Å²) in [6, 6.07) is 12.7. The maximum Gasteiger partial charge on any atom is 0.319 e. The van der Waals surface area contributed by atoms with Crippen LogP contribution in [0.5, 0.6) is 17.2 Å². The maximum absolute atomic E-state index is 13.1. The number of amides is 2. The average Bonchev–Trinajstić information content (AvgIpc) is 2.94. The Hall–Kier alpha value is -4.17. The van der Waals surface area contributed by atoms with Gasteiger partial charge in [0.1, 0.15) is 5.92 Å². The van der Waals surface area contributed by atoms with Gasteiger partial charge in [-0.1, -0.05) is 36.9 Å². The van der Waals surface area contributed by atoms with E-state index in [1.165, 1.54) is 28.4 Å². The molecule has 38 heavy (non-hydrogen) atoms. The molecule has 200 valence electrons. The van der Waals surface area contributed by atoms with E-state index in [1.807, 2.05) is 31.2 Å². The molecule has 1 aliphatic heterocycles. The third kappa shape index (κ3) is 5.86. The highest BCUT2D eigenvalue weighted by molar-refractivity contribution is 8.03. The Morgan fingerprint density at radius 2 is 1.74 bits per heavy atom. The number of rotatable bonds is 10. The number of allylic oxidation sites excluding steroid dienone is 1. The summed E-state index contributed by atoms with van der Waals surface area (Å²) in [4.78, 5) is 38.6. The number of carbonyl (C=O) groups excluding carboxylic acids is 3. The van der Waals surface area contributed by atoms with Crippen LogP contribution in [0.15, 0.2) is 47.0 Å². The van der Waals surface area contributed by atoms with Gasteiger partial charge in [0.05, 0.1) is 50.9 Å². The predicted octanol–water partition coefficient (Wildman–Crippen LogP) is 3.38. The van der Waals surface area contributed by atoms with Gasteiger partial charge in [-0.05, 0) is 35.7 Å². The van der Waals surface area contributed by atoms with E-state index in [2.05, 4.69) is 16.7 Å². The highest BCUT2D eigenvalue weighted by Crippen LogP contribution is 2.46. The zero-order valence-electron chi connectivity index (χ0n) is 21.7. The second kappa shape index (κ2) is 12.9. The van der Waals surface area contributed by atoms with Crippen molar-refractivity contribution < 1.29 is 33.3 Å². The molecule has 0 bridgehead atoms. The number of nitrogens with one attached hydrogen (secondary N) is 2. The van der Waals surface area contributed by atoms with Crippen LogP contribution in [0.1, 0.15) is 24.0 Å². The van der Waals surface area contributed by atoms with Gasteiger partial charge in [-0.25, -0.2) is 0 Å². The van der Waals surface area contributed by atoms with Crippen molar-refractivity contribution in [3.63, 3.8) is 0 Å². The molecule has 11 heteroatoms. The molecule has 2 aromatic rings. The molecule has 1 aliphatic rings. The fourth-order valence-electron chi connectivity index (χ4n) is 4.24. The van der Waals surface area contributed by atoms with Crippen molar-refractivity contribution in [1.82, 2.24) is 5.32 Å². The van der Waals surface area contributed by atoms with Gasteiger partial charge in [-0.15, -0.1) is 0 Å². The van der Waals surface area contributed by atoms with E-state index in [4.69, 9.17) is 18.9 Å². The number of anilines is 1. The summed E-state index contributed by atoms with van der Waals surface area (Å²) in [7, 11) is 5.49. The third-order valence-electron chi connectivity index (χ3n) is 6.05. The average molecular weight is 540 g/mol. The lowest BCUT2D eigenvalue weighted by molar-refractivity contribution is -0.150. The number of benzene rings is 2. The summed E-state index contributed by atoms with van der Waals surface area (Å²) in [6.07, 6.45) is 0.745. The van der Waals surface area contributed by atoms with Crippen molar-refractivity contribution in [3.05, 3.63) is 58.1 Å². The molecule has 0 unspecified atom stereocenters. The first-order chi connectivity index (χ1) is 18.3. The molecule has 0 radical (unpaired) electrons. The molecule has 2 aromatic carbocycles. The quantitative estimate of drug-likeness (QED) is 0.344. The highest BCUT2D eigenvalue weighted by atomic mass is 32.2. The first kappa shape index (κ1) is 28.4.